The zero-order valence-corrected chi connectivity index (χ0v) is 35.5. The lowest BCUT2D eigenvalue weighted by Gasteiger charge is -2.28. The van der Waals surface area contributed by atoms with Crippen LogP contribution in [0.15, 0.2) is 0 Å². The molecule has 0 aromatic rings. The van der Waals surface area contributed by atoms with Crippen LogP contribution in [0.2, 0.25) is 0 Å². The van der Waals surface area contributed by atoms with E-state index in [0.29, 0.717) is 24.1 Å². The van der Waals surface area contributed by atoms with E-state index in [1.165, 1.54) is 154 Å². The predicted molar refractivity (Wildman–Crippen MR) is 213 cm³/mol. The summed E-state index contributed by atoms with van der Waals surface area (Å²) in [7, 11) is 1.37. The Bertz CT molecular complexity index is 792. The number of hydrogen-bond donors (Lipinski definition) is 0. The molecule has 0 amide bonds. The third kappa shape index (κ3) is 40.5. The van der Waals surface area contributed by atoms with Crippen LogP contribution in [0.25, 0.3) is 0 Å². The average Bonchev–Trinajstić information content (AvgIpc) is 3.08. The number of phosphoric acid groups is 1. The summed E-state index contributed by atoms with van der Waals surface area (Å²) in [6.07, 6.45) is 37.1. The number of carbonyl (C=O) groups excluding carboxylic acids is 1. The second kappa shape index (κ2) is 36.5. The first-order chi connectivity index (χ1) is 24.6. The van der Waals surface area contributed by atoms with Gasteiger partial charge in [0.2, 0.25) is 0 Å². The van der Waals surface area contributed by atoms with Gasteiger partial charge in [0.25, 0.3) is 7.82 Å². The topological polar surface area (TPSA) is 94.1 Å². The van der Waals surface area contributed by atoms with Crippen LogP contribution in [0.1, 0.15) is 206 Å². The van der Waals surface area contributed by atoms with Crippen molar-refractivity contribution in [1.82, 2.24) is 0 Å². The Balaban J connectivity index is 3.97. The lowest BCUT2D eigenvalue weighted by molar-refractivity contribution is -0.870. The van der Waals surface area contributed by atoms with Crippen molar-refractivity contribution < 1.29 is 37.3 Å². The Morgan fingerprint density at radius 2 is 0.902 bits per heavy atom. The third-order valence-electron chi connectivity index (χ3n) is 9.66. The van der Waals surface area contributed by atoms with E-state index in [-0.39, 0.29) is 25.8 Å². The Kier molecular flexibility index (Phi) is 36.1. The van der Waals surface area contributed by atoms with Gasteiger partial charge in [-0.1, -0.05) is 187 Å². The molecule has 2 unspecified atom stereocenters. The fraction of sp³-hybridized carbons (Fsp3) is 0.976. The molecular formula is C42H86NO7P. The van der Waals surface area contributed by atoms with E-state index in [2.05, 4.69) is 13.8 Å². The maximum absolute atomic E-state index is 12.5. The van der Waals surface area contributed by atoms with Gasteiger partial charge in [0.15, 0.2) is 0 Å². The molecule has 8 nitrogen and oxygen atoms in total. The number of phosphoric ester groups is 1. The minimum Gasteiger partial charge on any atom is -0.756 e. The Hall–Kier alpha value is -0.500. The molecule has 9 heteroatoms. The Morgan fingerprint density at radius 1 is 0.529 bits per heavy atom. The lowest BCUT2D eigenvalue weighted by atomic mass is 10.0. The van der Waals surface area contributed by atoms with Crippen molar-refractivity contribution in [1.29, 1.82) is 0 Å². The second-order valence-corrected chi connectivity index (χ2v) is 17.5. The van der Waals surface area contributed by atoms with Gasteiger partial charge in [-0.2, -0.15) is 0 Å². The van der Waals surface area contributed by atoms with Crippen LogP contribution in [-0.4, -0.2) is 70.7 Å². The highest BCUT2D eigenvalue weighted by atomic mass is 31.2. The molecule has 0 saturated carbocycles. The molecule has 0 radical (unpaired) electrons. The zero-order chi connectivity index (χ0) is 37.7. The minimum atomic E-state index is -4.51. The highest BCUT2D eigenvalue weighted by Gasteiger charge is 2.20. The van der Waals surface area contributed by atoms with Crippen LogP contribution in [-0.2, 0) is 27.9 Å². The molecule has 0 aliphatic rings. The van der Waals surface area contributed by atoms with Crippen molar-refractivity contribution in [3.8, 4) is 0 Å². The summed E-state index contributed by atoms with van der Waals surface area (Å²) in [6, 6.07) is 0. The first-order valence-electron chi connectivity index (χ1n) is 21.8. The number of esters is 1. The quantitative estimate of drug-likeness (QED) is 0.0266. The summed E-state index contributed by atoms with van der Waals surface area (Å²) in [4.78, 5) is 24.8. The zero-order valence-electron chi connectivity index (χ0n) is 34.6. The molecule has 0 fully saturated rings. The Labute approximate surface area is 317 Å². The summed E-state index contributed by atoms with van der Waals surface area (Å²) in [5.41, 5.74) is 0. The normalized spacial score (nSPS) is 13.8. The van der Waals surface area contributed by atoms with Gasteiger partial charge in [0.05, 0.1) is 34.4 Å². The van der Waals surface area contributed by atoms with Gasteiger partial charge >= 0.3 is 5.97 Å². The van der Waals surface area contributed by atoms with E-state index >= 15 is 0 Å². The number of likely N-dealkylation sites (N-methyl/N-ethyl adjacent to an activating group) is 1. The van der Waals surface area contributed by atoms with E-state index in [1.54, 1.807) is 0 Å². The maximum atomic E-state index is 12.5. The number of hydrogen-bond acceptors (Lipinski definition) is 7. The van der Waals surface area contributed by atoms with Gasteiger partial charge in [0.1, 0.15) is 19.3 Å². The van der Waals surface area contributed by atoms with E-state index < -0.39 is 13.9 Å². The smallest absolute Gasteiger partial charge is 0.306 e. The minimum absolute atomic E-state index is 0.0308. The monoisotopic (exact) mass is 748 g/mol. The Morgan fingerprint density at radius 3 is 1.29 bits per heavy atom. The summed E-state index contributed by atoms with van der Waals surface area (Å²) in [5.74, 6) is -0.336. The summed E-state index contributed by atoms with van der Waals surface area (Å²) in [6.45, 7) is 5.41. The van der Waals surface area contributed by atoms with Crippen molar-refractivity contribution >= 4 is 13.8 Å². The van der Waals surface area contributed by atoms with Crippen molar-refractivity contribution in [3.63, 3.8) is 0 Å². The van der Waals surface area contributed by atoms with Gasteiger partial charge < -0.3 is 27.9 Å². The van der Waals surface area contributed by atoms with Gasteiger partial charge in [-0.25, -0.2) is 0 Å². The summed E-state index contributed by atoms with van der Waals surface area (Å²) < 4.78 is 34.4. The molecule has 51 heavy (non-hydrogen) atoms. The van der Waals surface area contributed by atoms with Crippen LogP contribution >= 0.6 is 7.82 Å². The van der Waals surface area contributed by atoms with Gasteiger partial charge in [-0.3, -0.25) is 9.36 Å². The third-order valence-corrected chi connectivity index (χ3v) is 10.6. The standard InChI is InChI=1S/C42H86NO7P/c1-6-8-10-12-14-15-16-17-18-19-20-21-22-23-24-25-26-27-28-30-32-34-37-47-39-41(40-49-51(45,46)48-38-36-43(3,4)5)50-42(44)35-33-31-29-13-11-9-7-2/h41H,6-40H2,1-5H3. The molecule has 0 aliphatic carbocycles. The number of rotatable bonds is 41. The van der Waals surface area contributed by atoms with E-state index in [4.69, 9.17) is 18.5 Å². The number of carbonyl (C=O) groups is 1. The van der Waals surface area contributed by atoms with Crippen molar-refractivity contribution in [2.24, 2.45) is 0 Å². The van der Waals surface area contributed by atoms with Crippen LogP contribution in [0.4, 0.5) is 0 Å². The molecule has 0 bridgehead atoms. The summed E-state index contributed by atoms with van der Waals surface area (Å²) >= 11 is 0. The summed E-state index contributed by atoms with van der Waals surface area (Å²) in [5, 5.41) is 0. The first-order valence-corrected chi connectivity index (χ1v) is 23.2. The molecular weight excluding hydrogens is 661 g/mol. The molecule has 0 spiro atoms. The maximum Gasteiger partial charge on any atom is 0.306 e. The average molecular weight is 748 g/mol. The van der Waals surface area contributed by atoms with Crippen LogP contribution in [0.5, 0.6) is 0 Å². The van der Waals surface area contributed by atoms with Crippen LogP contribution < -0.4 is 4.89 Å². The highest BCUT2D eigenvalue weighted by Crippen LogP contribution is 2.38. The lowest BCUT2D eigenvalue weighted by Crippen LogP contribution is -2.37. The van der Waals surface area contributed by atoms with Crippen molar-refractivity contribution in [2.75, 3.05) is 54.1 Å². The number of quaternary nitrogens is 1. The van der Waals surface area contributed by atoms with Gasteiger partial charge in [-0.05, 0) is 12.8 Å². The van der Waals surface area contributed by atoms with Crippen molar-refractivity contribution in [2.45, 2.75) is 213 Å². The number of nitrogens with zero attached hydrogens (tertiary/aromatic N) is 1. The first kappa shape index (κ1) is 50.5. The fourth-order valence-corrected chi connectivity index (χ4v) is 6.98. The molecule has 0 N–H and O–H groups in total. The largest absolute Gasteiger partial charge is 0.756 e. The predicted octanol–water partition coefficient (Wildman–Crippen LogP) is 11.9. The fourth-order valence-electron chi connectivity index (χ4n) is 6.25. The molecule has 306 valence electrons. The van der Waals surface area contributed by atoms with Crippen LogP contribution in [0.3, 0.4) is 0 Å². The van der Waals surface area contributed by atoms with E-state index in [0.717, 1.165) is 32.1 Å². The molecule has 0 aliphatic heterocycles. The molecule has 0 aromatic carbocycles. The van der Waals surface area contributed by atoms with Gasteiger partial charge in [0, 0.05) is 13.0 Å². The molecule has 0 heterocycles. The molecule has 2 atom stereocenters. The van der Waals surface area contributed by atoms with Crippen LogP contribution in [0, 0.1) is 0 Å². The molecule has 0 saturated heterocycles. The van der Waals surface area contributed by atoms with E-state index in [1.807, 2.05) is 21.1 Å². The number of ether oxygens (including phenoxy) is 2. The van der Waals surface area contributed by atoms with Gasteiger partial charge in [-0.15, -0.1) is 0 Å². The second-order valence-electron chi connectivity index (χ2n) is 16.1. The molecule has 0 rings (SSSR count). The number of unbranched alkanes of at least 4 members (excludes halogenated alkanes) is 27. The highest BCUT2D eigenvalue weighted by molar-refractivity contribution is 7.45. The van der Waals surface area contributed by atoms with Crippen molar-refractivity contribution in [3.05, 3.63) is 0 Å². The van der Waals surface area contributed by atoms with E-state index in [9.17, 15) is 14.3 Å². The molecule has 0 aromatic heterocycles. The SMILES string of the molecule is CCCCCCCCCCCCCCCCCCCCCCCCOCC(COP(=O)([O-])OCC[N+](C)(C)C)OC(=O)CCCCCCCCC.